The summed E-state index contributed by atoms with van der Waals surface area (Å²) < 4.78 is 27.3. The zero-order chi connectivity index (χ0) is 16.8. The van der Waals surface area contributed by atoms with Crippen molar-refractivity contribution < 1.29 is 8.42 Å². The van der Waals surface area contributed by atoms with E-state index in [0.717, 1.165) is 6.42 Å². The lowest BCUT2D eigenvalue weighted by atomic mass is 9.82. The van der Waals surface area contributed by atoms with Crippen LogP contribution in [0.5, 0.6) is 0 Å². The average Bonchev–Trinajstić information content (AvgIpc) is 3.29. The minimum atomic E-state index is -3.43. The van der Waals surface area contributed by atoms with E-state index in [2.05, 4.69) is 20.8 Å². The Balaban J connectivity index is 1.80. The maximum atomic E-state index is 12.9. The first kappa shape index (κ1) is 16.9. The third kappa shape index (κ3) is 3.19. The monoisotopic (exact) mass is 336 g/mol. The zero-order valence-corrected chi connectivity index (χ0v) is 15.1. The molecule has 2 fully saturated rings. The molecular formula is C18H28N2O2S. The molecule has 2 atom stereocenters. The summed E-state index contributed by atoms with van der Waals surface area (Å²) in [5.41, 5.74) is 7.42. The maximum Gasteiger partial charge on any atom is 0.243 e. The Bertz CT molecular complexity index is 663. The van der Waals surface area contributed by atoms with Crippen LogP contribution >= 0.6 is 0 Å². The van der Waals surface area contributed by atoms with Crippen molar-refractivity contribution in [1.82, 2.24) is 4.31 Å². The van der Waals surface area contributed by atoms with Crippen molar-refractivity contribution in [3.8, 4) is 0 Å². The van der Waals surface area contributed by atoms with Crippen LogP contribution in [-0.4, -0.2) is 31.9 Å². The van der Waals surface area contributed by atoms with Crippen molar-refractivity contribution in [2.24, 2.45) is 17.6 Å². The molecule has 0 spiro atoms. The first-order valence-electron chi connectivity index (χ1n) is 8.62. The van der Waals surface area contributed by atoms with Gasteiger partial charge in [-0.2, -0.15) is 4.31 Å². The van der Waals surface area contributed by atoms with Crippen LogP contribution in [0.3, 0.4) is 0 Å². The van der Waals surface area contributed by atoms with Gasteiger partial charge in [-0.15, -0.1) is 0 Å². The van der Waals surface area contributed by atoms with Crippen LogP contribution in [0.15, 0.2) is 29.2 Å². The Labute approximate surface area is 140 Å². The van der Waals surface area contributed by atoms with Gasteiger partial charge < -0.3 is 5.73 Å². The van der Waals surface area contributed by atoms with Crippen LogP contribution in [0.25, 0.3) is 0 Å². The molecular weight excluding hydrogens is 308 g/mol. The molecule has 1 aliphatic carbocycles. The lowest BCUT2D eigenvalue weighted by Gasteiger charge is -2.24. The Morgan fingerprint density at radius 3 is 2.30 bits per heavy atom. The molecule has 5 heteroatoms. The second kappa shape index (κ2) is 5.87. The molecule has 0 amide bonds. The van der Waals surface area contributed by atoms with E-state index < -0.39 is 10.0 Å². The van der Waals surface area contributed by atoms with Crippen LogP contribution in [-0.2, 0) is 15.4 Å². The highest BCUT2D eigenvalue weighted by Gasteiger charge is 2.44. The van der Waals surface area contributed by atoms with Crippen molar-refractivity contribution in [3.63, 3.8) is 0 Å². The predicted molar refractivity (Wildman–Crippen MR) is 92.7 cm³/mol. The Morgan fingerprint density at radius 2 is 1.78 bits per heavy atom. The van der Waals surface area contributed by atoms with Crippen LogP contribution in [0.2, 0.25) is 0 Å². The number of hydrogen-bond donors (Lipinski definition) is 1. The Morgan fingerprint density at radius 1 is 1.17 bits per heavy atom. The van der Waals surface area contributed by atoms with Crippen LogP contribution in [0.4, 0.5) is 0 Å². The van der Waals surface area contributed by atoms with Crippen molar-refractivity contribution in [3.05, 3.63) is 29.8 Å². The molecule has 2 N–H and O–H groups in total. The third-order valence-electron chi connectivity index (χ3n) is 5.76. The highest BCUT2D eigenvalue weighted by molar-refractivity contribution is 7.89. The molecule has 0 aromatic heterocycles. The van der Waals surface area contributed by atoms with Gasteiger partial charge in [0.25, 0.3) is 0 Å². The van der Waals surface area contributed by atoms with E-state index in [1.54, 1.807) is 16.4 Å². The second-order valence-electron chi connectivity index (χ2n) is 7.75. The minimum absolute atomic E-state index is 0.0180. The van der Waals surface area contributed by atoms with Gasteiger partial charge in [-0.25, -0.2) is 8.42 Å². The molecule has 1 heterocycles. The van der Waals surface area contributed by atoms with Crippen LogP contribution in [0.1, 0.15) is 45.6 Å². The Kier molecular flexibility index (Phi) is 4.32. The van der Waals surface area contributed by atoms with Gasteiger partial charge in [0.1, 0.15) is 0 Å². The van der Waals surface area contributed by atoms with Gasteiger partial charge >= 0.3 is 0 Å². The van der Waals surface area contributed by atoms with E-state index in [9.17, 15) is 8.42 Å². The highest BCUT2D eigenvalue weighted by atomic mass is 32.2. The van der Waals surface area contributed by atoms with Crippen molar-refractivity contribution in [2.75, 3.05) is 13.1 Å². The summed E-state index contributed by atoms with van der Waals surface area (Å²) in [7, 11) is -3.43. The smallest absolute Gasteiger partial charge is 0.243 e. The second-order valence-corrected chi connectivity index (χ2v) is 9.69. The summed E-state index contributed by atoms with van der Waals surface area (Å²) in [4.78, 5) is 0.386. The largest absolute Gasteiger partial charge is 0.326 e. The van der Waals surface area contributed by atoms with Crippen LogP contribution in [0, 0.1) is 11.8 Å². The molecule has 1 saturated carbocycles. The van der Waals surface area contributed by atoms with Crippen molar-refractivity contribution in [1.29, 1.82) is 0 Å². The van der Waals surface area contributed by atoms with E-state index in [4.69, 9.17) is 5.73 Å². The molecule has 3 rings (SSSR count). The maximum absolute atomic E-state index is 12.9. The normalized spacial score (nSPS) is 26.6. The number of nitrogens with zero attached hydrogens (tertiary/aromatic N) is 1. The van der Waals surface area contributed by atoms with E-state index >= 15 is 0 Å². The molecule has 1 aromatic rings. The van der Waals surface area contributed by atoms with Crippen molar-refractivity contribution in [2.45, 2.75) is 56.4 Å². The highest BCUT2D eigenvalue weighted by Crippen LogP contribution is 2.42. The van der Waals surface area contributed by atoms with E-state index in [1.165, 1.54) is 18.4 Å². The fraction of sp³-hybridized carbons (Fsp3) is 0.667. The number of hydrogen-bond acceptors (Lipinski definition) is 3. The molecule has 1 aliphatic heterocycles. The molecule has 23 heavy (non-hydrogen) atoms. The zero-order valence-electron chi connectivity index (χ0n) is 14.3. The van der Waals surface area contributed by atoms with Gasteiger partial charge in [-0.1, -0.05) is 32.9 Å². The van der Waals surface area contributed by atoms with Gasteiger partial charge in [0, 0.05) is 19.1 Å². The molecule has 2 unspecified atom stereocenters. The fourth-order valence-corrected chi connectivity index (χ4v) is 4.98. The summed E-state index contributed by atoms with van der Waals surface area (Å²) in [6.45, 7) is 7.53. The SMILES string of the molecule is CCC(C)(C)c1ccc(S(=O)(=O)N2CC(N)C(C3CC3)C2)cc1. The lowest BCUT2D eigenvalue weighted by Crippen LogP contribution is -2.32. The minimum Gasteiger partial charge on any atom is -0.326 e. The molecule has 0 bridgehead atoms. The first-order chi connectivity index (χ1) is 10.8. The topological polar surface area (TPSA) is 63.4 Å². The number of rotatable bonds is 5. The number of nitrogens with two attached hydrogens (primary N) is 1. The Hall–Kier alpha value is -0.910. The molecule has 1 aromatic carbocycles. The predicted octanol–water partition coefficient (Wildman–Crippen LogP) is 2.73. The third-order valence-corrected chi connectivity index (χ3v) is 7.61. The van der Waals surface area contributed by atoms with E-state index in [-0.39, 0.29) is 11.5 Å². The average molecular weight is 337 g/mol. The molecule has 1 saturated heterocycles. The van der Waals surface area contributed by atoms with E-state index in [0.29, 0.717) is 29.8 Å². The van der Waals surface area contributed by atoms with Gasteiger partial charge in [-0.3, -0.25) is 0 Å². The summed E-state index contributed by atoms with van der Waals surface area (Å²) >= 11 is 0. The van der Waals surface area contributed by atoms with Gasteiger partial charge in [0.15, 0.2) is 0 Å². The lowest BCUT2D eigenvalue weighted by molar-refractivity contribution is 0.428. The standard InChI is InChI=1S/C18H28N2O2S/c1-4-18(2,3)14-7-9-15(10-8-14)23(21,22)20-11-16(13-5-6-13)17(19)12-20/h7-10,13,16-17H,4-6,11-12,19H2,1-3H3. The van der Waals surface area contributed by atoms with Gasteiger partial charge in [-0.05, 0) is 54.2 Å². The fourth-order valence-electron chi connectivity index (χ4n) is 3.47. The van der Waals surface area contributed by atoms with Gasteiger partial charge in [0.05, 0.1) is 4.90 Å². The van der Waals surface area contributed by atoms with Crippen LogP contribution < -0.4 is 5.73 Å². The molecule has 4 nitrogen and oxygen atoms in total. The summed E-state index contributed by atoms with van der Waals surface area (Å²) in [6.07, 6.45) is 3.42. The quantitative estimate of drug-likeness (QED) is 0.899. The first-order valence-corrected chi connectivity index (χ1v) is 10.1. The summed E-state index contributed by atoms with van der Waals surface area (Å²) in [6, 6.07) is 7.38. The molecule has 0 radical (unpaired) electrons. The number of sulfonamides is 1. The molecule has 2 aliphatic rings. The summed E-state index contributed by atoms with van der Waals surface area (Å²) in [5.74, 6) is 0.973. The van der Waals surface area contributed by atoms with Crippen molar-refractivity contribution >= 4 is 10.0 Å². The summed E-state index contributed by atoms with van der Waals surface area (Å²) in [5, 5.41) is 0. The van der Waals surface area contributed by atoms with Gasteiger partial charge in [0.2, 0.25) is 10.0 Å². The number of benzene rings is 1. The van der Waals surface area contributed by atoms with E-state index in [1.807, 2.05) is 12.1 Å². The molecule has 128 valence electrons.